The summed E-state index contributed by atoms with van der Waals surface area (Å²) in [6.07, 6.45) is 0.764. The molecule has 0 saturated heterocycles. The third-order valence-corrected chi connectivity index (χ3v) is 4.05. The van der Waals surface area contributed by atoms with E-state index in [1.807, 2.05) is 14.0 Å². The molecular weight excluding hydrogens is 347 g/mol. The fourth-order valence-electron chi connectivity index (χ4n) is 1.91. The molecule has 0 amide bonds. The van der Waals surface area contributed by atoms with Crippen molar-refractivity contribution in [1.82, 2.24) is 9.78 Å². The van der Waals surface area contributed by atoms with Crippen LogP contribution in [0.5, 0.6) is 5.75 Å². The van der Waals surface area contributed by atoms with Crippen LogP contribution in [0.2, 0.25) is 5.02 Å². The van der Waals surface area contributed by atoms with Crippen molar-refractivity contribution in [1.29, 1.82) is 0 Å². The summed E-state index contributed by atoms with van der Waals surface area (Å²) in [6.45, 7) is 2.25. The lowest BCUT2D eigenvalue weighted by Crippen LogP contribution is -2.04. The van der Waals surface area contributed by atoms with Gasteiger partial charge in [0.25, 0.3) is 0 Å². The van der Waals surface area contributed by atoms with Gasteiger partial charge in [-0.05, 0) is 24.1 Å². The van der Waals surface area contributed by atoms with E-state index >= 15 is 0 Å². The zero-order chi connectivity index (χ0) is 14.7. The van der Waals surface area contributed by atoms with Gasteiger partial charge < -0.3 is 4.74 Å². The van der Waals surface area contributed by atoms with E-state index < -0.39 is 0 Å². The van der Waals surface area contributed by atoms with Crippen molar-refractivity contribution in [3.63, 3.8) is 0 Å². The Balaban J connectivity index is 2.16. The average molecular weight is 362 g/mol. The van der Waals surface area contributed by atoms with Crippen LogP contribution in [0, 0.1) is 5.82 Å². The van der Waals surface area contributed by atoms with Gasteiger partial charge in [0.1, 0.15) is 18.2 Å². The molecule has 0 aliphatic carbocycles. The van der Waals surface area contributed by atoms with Crippen LogP contribution in [0.4, 0.5) is 4.39 Å². The minimum atomic E-state index is -0.317. The summed E-state index contributed by atoms with van der Waals surface area (Å²) in [6, 6.07) is 4.62. The molecular formula is C14H15BrClFN2O. The van der Waals surface area contributed by atoms with Gasteiger partial charge in [0, 0.05) is 18.4 Å². The Morgan fingerprint density at radius 2 is 2.15 bits per heavy atom. The lowest BCUT2D eigenvalue weighted by Gasteiger charge is -2.08. The highest BCUT2D eigenvalue weighted by atomic mass is 79.9. The summed E-state index contributed by atoms with van der Waals surface area (Å²) in [5.41, 5.74) is 2.45. The predicted molar refractivity (Wildman–Crippen MR) is 81.0 cm³/mol. The number of aromatic nitrogens is 2. The first kappa shape index (κ1) is 15.3. The molecule has 108 valence electrons. The first-order valence-corrected chi connectivity index (χ1v) is 7.73. The average Bonchev–Trinajstić information content (AvgIpc) is 2.70. The largest absolute Gasteiger partial charge is 0.487 e. The number of nitrogens with zero attached hydrogens (tertiary/aromatic N) is 2. The monoisotopic (exact) mass is 360 g/mol. The number of halogens is 3. The number of hydrogen-bond donors (Lipinski definition) is 0. The van der Waals surface area contributed by atoms with Crippen molar-refractivity contribution in [2.45, 2.75) is 25.3 Å². The molecule has 3 nitrogen and oxygen atoms in total. The standard InChI is InChI=1S/C14H15BrClFN2O/c1-3-12-14(16)13(19(2)18-12)8-20-11-5-9(7-15)4-10(17)6-11/h4-6H,3,7-8H2,1-2H3. The van der Waals surface area contributed by atoms with Gasteiger partial charge in [-0.25, -0.2) is 4.39 Å². The Labute approximate surface area is 130 Å². The number of ether oxygens (including phenoxy) is 1. The zero-order valence-electron chi connectivity index (χ0n) is 11.3. The van der Waals surface area contributed by atoms with E-state index in [1.165, 1.54) is 12.1 Å². The maximum absolute atomic E-state index is 13.4. The minimum Gasteiger partial charge on any atom is -0.487 e. The second-order valence-electron chi connectivity index (χ2n) is 4.40. The van der Waals surface area contributed by atoms with Gasteiger partial charge in [-0.3, -0.25) is 4.68 Å². The summed E-state index contributed by atoms with van der Waals surface area (Å²) < 4.78 is 20.7. The number of hydrogen-bond acceptors (Lipinski definition) is 2. The van der Waals surface area contributed by atoms with Crippen molar-refractivity contribution < 1.29 is 9.13 Å². The molecule has 0 fully saturated rings. The number of aryl methyl sites for hydroxylation is 2. The molecule has 0 aliphatic heterocycles. The SMILES string of the molecule is CCc1nn(C)c(COc2cc(F)cc(CBr)c2)c1Cl. The van der Waals surface area contributed by atoms with Gasteiger partial charge in [0.2, 0.25) is 0 Å². The van der Waals surface area contributed by atoms with E-state index in [1.54, 1.807) is 10.7 Å². The number of benzene rings is 1. The van der Waals surface area contributed by atoms with Gasteiger partial charge in [-0.15, -0.1) is 0 Å². The van der Waals surface area contributed by atoms with Gasteiger partial charge in [0.15, 0.2) is 0 Å². The van der Waals surface area contributed by atoms with Gasteiger partial charge >= 0.3 is 0 Å². The second kappa shape index (κ2) is 6.59. The van der Waals surface area contributed by atoms with E-state index in [0.717, 1.165) is 23.4 Å². The highest BCUT2D eigenvalue weighted by Crippen LogP contribution is 2.24. The Hall–Kier alpha value is -1.07. The Morgan fingerprint density at radius 1 is 1.40 bits per heavy atom. The summed E-state index contributed by atoms with van der Waals surface area (Å²) in [4.78, 5) is 0. The summed E-state index contributed by atoms with van der Waals surface area (Å²) in [7, 11) is 1.82. The predicted octanol–water partition coefficient (Wildman–Crippen LogP) is 4.25. The fourth-order valence-corrected chi connectivity index (χ4v) is 2.58. The molecule has 1 heterocycles. The Morgan fingerprint density at radius 3 is 2.75 bits per heavy atom. The molecule has 2 aromatic rings. The Kier molecular flexibility index (Phi) is 5.05. The molecule has 1 aromatic heterocycles. The fraction of sp³-hybridized carbons (Fsp3) is 0.357. The van der Waals surface area contributed by atoms with Crippen molar-refractivity contribution in [2.24, 2.45) is 7.05 Å². The van der Waals surface area contributed by atoms with Crippen LogP contribution in [0.25, 0.3) is 0 Å². The van der Waals surface area contributed by atoms with Crippen LogP contribution in [-0.2, 0) is 25.4 Å². The van der Waals surface area contributed by atoms with Crippen LogP contribution in [0.3, 0.4) is 0 Å². The van der Waals surface area contributed by atoms with Crippen LogP contribution >= 0.6 is 27.5 Å². The summed E-state index contributed by atoms with van der Waals surface area (Å²) in [5, 5.41) is 5.51. The maximum atomic E-state index is 13.4. The smallest absolute Gasteiger partial charge is 0.131 e. The lowest BCUT2D eigenvalue weighted by molar-refractivity contribution is 0.293. The van der Waals surface area contributed by atoms with E-state index in [2.05, 4.69) is 21.0 Å². The highest BCUT2D eigenvalue weighted by Gasteiger charge is 2.13. The van der Waals surface area contributed by atoms with Gasteiger partial charge in [0.05, 0.1) is 16.4 Å². The van der Waals surface area contributed by atoms with Crippen LogP contribution in [0.1, 0.15) is 23.9 Å². The molecule has 2 rings (SSSR count). The van der Waals surface area contributed by atoms with E-state index in [4.69, 9.17) is 16.3 Å². The minimum absolute atomic E-state index is 0.257. The van der Waals surface area contributed by atoms with Crippen molar-refractivity contribution >= 4 is 27.5 Å². The quantitative estimate of drug-likeness (QED) is 0.745. The topological polar surface area (TPSA) is 27.1 Å². The molecule has 0 aliphatic rings. The van der Waals surface area contributed by atoms with Crippen LogP contribution in [-0.4, -0.2) is 9.78 Å². The first-order valence-electron chi connectivity index (χ1n) is 6.23. The van der Waals surface area contributed by atoms with E-state index in [-0.39, 0.29) is 12.4 Å². The molecule has 20 heavy (non-hydrogen) atoms. The zero-order valence-corrected chi connectivity index (χ0v) is 13.6. The molecule has 1 aromatic carbocycles. The lowest BCUT2D eigenvalue weighted by atomic mass is 10.2. The van der Waals surface area contributed by atoms with Crippen molar-refractivity contribution in [2.75, 3.05) is 0 Å². The normalized spacial score (nSPS) is 10.8. The summed E-state index contributed by atoms with van der Waals surface area (Å²) >= 11 is 9.54. The maximum Gasteiger partial charge on any atom is 0.131 e. The molecule has 0 bridgehead atoms. The molecule has 6 heteroatoms. The number of rotatable bonds is 5. The second-order valence-corrected chi connectivity index (χ2v) is 5.34. The van der Waals surface area contributed by atoms with Crippen molar-refractivity contribution in [3.05, 3.63) is 46.0 Å². The van der Waals surface area contributed by atoms with E-state index in [0.29, 0.717) is 16.1 Å². The van der Waals surface area contributed by atoms with Crippen LogP contribution in [0.15, 0.2) is 18.2 Å². The molecule has 0 N–H and O–H groups in total. The molecule has 0 spiro atoms. The van der Waals surface area contributed by atoms with Gasteiger partial charge in [-0.2, -0.15) is 5.10 Å². The third-order valence-electron chi connectivity index (χ3n) is 2.96. The van der Waals surface area contributed by atoms with Gasteiger partial charge in [-0.1, -0.05) is 34.5 Å². The Bertz CT molecular complexity index is 615. The highest BCUT2D eigenvalue weighted by molar-refractivity contribution is 9.08. The molecule has 0 radical (unpaired) electrons. The molecule has 0 atom stereocenters. The van der Waals surface area contributed by atoms with Crippen LogP contribution < -0.4 is 4.74 Å². The third kappa shape index (κ3) is 3.33. The first-order chi connectivity index (χ1) is 9.55. The van der Waals surface area contributed by atoms with Crippen molar-refractivity contribution in [3.8, 4) is 5.75 Å². The summed E-state index contributed by atoms with van der Waals surface area (Å²) in [5.74, 6) is 0.164. The molecule has 0 unspecified atom stereocenters. The molecule has 0 saturated carbocycles. The number of alkyl halides is 1. The van der Waals surface area contributed by atoms with E-state index in [9.17, 15) is 4.39 Å².